The first-order valence-corrected chi connectivity index (χ1v) is 11.2. The summed E-state index contributed by atoms with van der Waals surface area (Å²) >= 11 is 1.70. The van der Waals surface area contributed by atoms with Gasteiger partial charge in [0.15, 0.2) is 0 Å². The minimum atomic E-state index is -0.396. The molecule has 2 heterocycles. The molecule has 154 valence electrons. The van der Waals surface area contributed by atoms with E-state index in [-0.39, 0.29) is 17.2 Å². The Hall–Kier alpha value is -1.57. The van der Waals surface area contributed by atoms with Gasteiger partial charge in [-0.15, -0.1) is 11.8 Å². The molecule has 2 atom stereocenters. The Morgan fingerprint density at radius 1 is 1.21 bits per heavy atom. The predicted molar refractivity (Wildman–Crippen MR) is 113 cm³/mol. The molecule has 3 rings (SSSR count). The summed E-state index contributed by atoms with van der Waals surface area (Å²) in [5, 5.41) is 3.10. The van der Waals surface area contributed by atoms with Gasteiger partial charge >= 0.3 is 0 Å². The Bertz CT molecular complexity index is 661. The van der Waals surface area contributed by atoms with Crippen molar-refractivity contribution in [2.75, 3.05) is 45.1 Å². The second-order valence-corrected chi connectivity index (χ2v) is 8.60. The van der Waals surface area contributed by atoms with Crippen molar-refractivity contribution < 1.29 is 14.3 Å². The molecule has 2 aliphatic heterocycles. The zero-order chi connectivity index (χ0) is 19.9. The van der Waals surface area contributed by atoms with Gasteiger partial charge in [0, 0.05) is 31.0 Å². The molecule has 1 aromatic carbocycles. The highest BCUT2D eigenvalue weighted by molar-refractivity contribution is 8.00. The molecular weight excluding hydrogens is 374 g/mol. The third kappa shape index (κ3) is 5.27. The molecule has 2 fully saturated rings. The summed E-state index contributed by atoms with van der Waals surface area (Å²) < 4.78 is 5.36. The van der Waals surface area contributed by atoms with E-state index in [9.17, 15) is 9.59 Å². The average molecular weight is 406 g/mol. The Labute approximate surface area is 172 Å². The lowest BCUT2D eigenvalue weighted by Crippen LogP contribution is -2.50. The van der Waals surface area contributed by atoms with E-state index in [4.69, 9.17) is 4.74 Å². The Morgan fingerprint density at radius 2 is 1.93 bits per heavy atom. The smallest absolute Gasteiger partial charge is 0.255 e. The summed E-state index contributed by atoms with van der Waals surface area (Å²) in [6.45, 7) is 9.18. The number of nitrogens with one attached hydrogen (secondary N) is 1. The van der Waals surface area contributed by atoms with Crippen LogP contribution in [0.25, 0.3) is 0 Å². The minimum Gasteiger partial charge on any atom is -0.379 e. The van der Waals surface area contributed by atoms with Crippen LogP contribution >= 0.6 is 11.8 Å². The van der Waals surface area contributed by atoms with Crippen molar-refractivity contribution in [2.45, 2.75) is 38.1 Å². The van der Waals surface area contributed by atoms with E-state index in [1.54, 1.807) is 16.7 Å². The minimum absolute atomic E-state index is 0.0362. The van der Waals surface area contributed by atoms with Gasteiger partial charge in [0.25, 0.3) is 5.91 Å². The molecule has 2 unspecified atom stereocenters. The van der Waals surface area contributed by atoms with Crippen molar-refractivity contribution >= 4 is 23.6 Å². The fourth-order valence-electron chi connectivity index (χ4n) is 3.65. The zero-order valence-electron chi connectivity index (χ0n) is 16.9. The Morgan fingerprint density at radius 3 is 2.61 bits per heavy atom. The van der Waals surface area contributed by atoms with Gasteiger partial charge in [-0.25, -0.2) is 0 Å². The van der Waals surface area contributed by atoms with Crippen molar-refractivity contribution in [1.29, 1.82) is 0 Å². The first-order chi connectivity index (χ1) is 13.6. The number of carbonyl (C=O) groups is 2. The lowest BCUT2D eigenvalue weighted by Gasteiger charge is -2.29. The van der Waals surface area contributed by atoms with E-state index in [0.29, 0.717) is 17.9 Å². The normalized spacial score (nSPS) is 23.0. The van der Waals surface area contributed by atoms with Crippen LogP contribution in [0.5, 0.6) is 0 Å². The van der Waals surface area contributed by atoms with Crippen molar-refractivity contribution in [2.24, 2.45) is 0 Å². The van der Waals surface area contributed by atoms with E-state index in [1.165, 1.54) is 0 Å². The van der Waals surface area contributed by atoms with Crippen molar-refractivity contribution in [3.63, 3.8) is 0 Å². The number of hydrogen-bond donors (Lipinski definition) is 1. The van der Waals surface area contributed by atoms with Crippen LogP contribution < -0.4 is 5.32 Å². The number of thioether (sulfide) groups is 1. The van der Waals surface area contributed by atoms with Crippen molar-refractivity contribution in [3.05, 3.63) is 35.4 Å². The summed E-state index contributed by atoms with van der Waals surface area (Å²) in [6.07, 6.45) is 1.75. The molecule has 2 aliphatic rings. The van der Waals surface area contributed by atoms with Gasteiger partial charge < -0.3 is 15.0 Å². The van der Waals surface area contributed by atoms with Crippen LogP contribution in [-0.2, 0) is 9.53 Å². The number of nitrogens with zero attached hydrogens (tertiary/aromatic N) is 2. The lowest BCUT2D eigenvalue weighted by atomic mass is 10.1. The van der Waals surface area contributed by atoms with Crippen LogP contribution in [0.2, 0.25) is 0 Å². The fraction of sp³-hybridized carbons (Fsp3) is 0.619. The maximum Gasteiger partial charge on any atom is 0.255 e. The van der Waals surface area contributed by atoms with Crippen LogP contribution in [0.3, 0.4) is 0 Å². The topological polar surface area (TPSA) is 61.9 Å². The monoisotopic (exact) mass is 405 g/mol. The molecule has 0 spiro atoms. The number of rotatable bonds is 7. The van der Waals surface area contributed by atoms with Gasteiger partial charge in [-0.1, -0.05) is 24.6 Å². The molecular formula is C21H31N3O3S. The number of benzene rings is 1. The molecule has 7 heteroatoms. The van der Waals surface area contributed by atoms with Crippen LogP contribution in [0.15, 0.2) is 24.3 Å². The number of hydrogen-bond acceptors (Lipinski definition) is 5. The van der Waals surface area contributed by atoms with E-state index >= 15 is 0 Å². The Kier molecular flexibility index (Phi) is 7.76. The van der Waals surface area contributed by atoms with E-state index in [0.717, 1.165) is 51.3 Å². The maximum absolute atomic E-state index is 13.1. The molecule has 0 bridgehead atoms. The second-order valence-electron chi connectivity index (χ2n) is 7.39. The van der Waals surface area contributed by atoms with Crippen LogP contribution in [-0.4, -0.2) is 78.2 Å². The van der Waals surface area contributed by atoms with Crippen LogP contribution in [0.4, 0.5) is 0 Å². The first kappa shape index (κ1) is 21.1. The summed E-state index contributed by atoms with van der Waals surface area (Å²) in [5.41, 5.74) is 1.77. The number of amides is 2. The number of carbonyl (C=O) groups excluding carboxylic acids is 2. The largest absolute Gasteiger partial charge is 0.379 e. The third-order valence-corrected chi connectivity index (χ3v) is 6.78. The van der Waals surface area contributed by atoms with Gasteiger partial charge in [-0.2, -0.15) is 0 Å². The molecule has 0 radical (unpaired) electrons. The highest BCUT2D eigenvalue weighted by atomic mass is 32.2. The Balaban J connectivity index is 1.55. The molecule has 0 aliphatic carbocycles. The molecule has 6 nitrogen and oxygen atoms in total. The lowest BCUT2D eigenvalue weighted by molar-refractivity contribution is -0.124. The van der Waals surface area contributed by atoms with Crippen LogP contribution in [0, 0.1) is 6.92 Å². The standard InChI is InChI=1S/C21H31N3O3S/c1-3-19-24(21(26)17-7-5-16(2)6-8-17)18(15-28-19)20(25)22-9-4-10-23-11-13-27-14-12-23/h5-8,18-19H,3-4,9-15H2,1-2H3,(H,22,25). The highest BCUT2D eigenvalue weighted by Gasteiger charge is 2.40. The molecule has 28 heavy (non-hydrogen) atoms. The number of morpholine rings is 1. The summed E-state index contributed by atoms with van der Waals surface area (Å²) in [5.74, 6) is 0.571. The van der Waals surface area contributed by atoms with E-state index < -0.39 is 6.04 Å². The molecule has 0 aromatic heterocycles. The maximum atomic E-state index is 13.1. The quantitative estimate of drug-likeness (QED) is 0.704. The SMILES string of the molecule is CCC1SCC(C(=O)NCCCN2CCOCC2)N1C(=O)c1ccc(C)cc1. The third-order valence-electron chi connectivity index (χ3n) is 5.33. The highest BCUT2D eigenvalue weighted by Crippen LogP contribution is 2.32. The summed E-state index contributed by atoms with van der Waals surface area (Å²) in [7, 11) is 0. The first-order valence-electron chi connectivity index (χ1n) is 10.2. The van der Waals surface area contributed by atoms with Gasteiger partial charge in [-0.05, 0) is 38.4 Å². The molecule has 1 aromatic rings. The molecule has 2 amide bonds. The molecule has 2 saturated heterocycles. The van der Waals surface area contributed by atoms with Gasteiger partial charge in [-0.3, -0.25) is 14.5 Å². The molecule has 0 saturated carbocycles. The van der Waals surface area contributed by atoms with E-state index in [2.05, 4.69) is 17.1 Å². The fourth-order valence-corrected chi connectivity index (χ4v) is 5.01. The van der Waals surface area contributed by atoms with Gasteiger partial charge in [0.1, 0.15) is 6.04 Å². The van der Waals surface area contributed by atoms with Crippen molar-refractivity contribution in [3.8, 4) is 0 Å². The zero-order valence-corrected chi connectivity index (χ0v) is 17.7. The second kappa shape index (κ2) is 10.3. The van der Waals surface area contributed by atoms with Gasteiger partial charge in [0.2, 0.25) is 5.91 Å². The number of ether oxygens (including phenoxy) is 1. The summed E-state index contributed by atoms with van der Waals surface area (Å²) in [6, 6.07) is 7.19. The van der Waals surface area contributed by atoms with Gasteiger partial charge in [0.05, 0.1) is 18.6 Å². The predicted octanol–water partition coefficient (Wildman–Crippen LogP) is 2.13. The summed E-state index contributed by atoms with van der Waals surface area (Å²) in [4.78, 5) is 30.0. The van der Waals surface area contributed by atoms with E-state index in [1.807, 2.05) is 31.2 Å². The molecule has 1 N–H and O–H groups in total. The number of aryl methyl sites for hydroxylation is 1. The average Bonchev–Trinajstić information content (AvgIpc) is 3.16. The van der Waals surface area contributed by atoms with Crippen LogP contribution in [0.1, 0.15) is 35.7 Å². The van der Waals surface area contributed by atoms with Crippen molar-refractivity contribution in [1.82, 2.24) is 15.1 Å².